The molecule has 0 amide bonds. The minimum absolute atomic E-state index is 0.255. The summed E-state index contributed by atoms with van der Waals surface area (Å²) in [7, 11) is 1.34. The molecule has 70 valence electrons. The lowest BCUT2D eigenvalue weighted by atomic mass is 10.2. The van der Waals surface area contributed by atoms with Crippen LogP contribution in [0.4, 0.5) is 0 Å². The van der Waals surface area contributed by atoms with Crippen LogP contribution in [0.15, 0.2) is 0 Å². The lowest BCUT2D eigenvalue weighted by molar-refractivity contribution is -0.141. The first-order valence-electron chi connectivity index (χ1n) is 3.61. The van der Waals surface area contributed by atoms with Crippen LogP contribution in [0, 0.1) is 0 Å². The maximum absolute atomic E-state index is 10.6. The van der Waals surface area contributed by atoms with E-state index in [9.17, 15) is 9.59 Å². The van der Waals surface area contributed by atoms with Crippen molar-refractivity contribution in [3.05, 3.63) is 0 Å². The molecule has 0 fully saturated rings. The highest BCUT2D eigenvalue weighted by Crippen LogP contribution is 2.02. The molecule has 0 aliphatic rings. The van der Waals surface area contributed by atoms with Crippen LogP contribution in [-0.2, 0) is 18.5 Å². The Bertz CT molecular complexity index is 139. The Labute approximate surface area is 76.8 Å². The molecule has 5 heteroatoms. The Morgan fingerprint density at radius 3 is 2.08 bits per heavy atom. The highest BCUT2D eigenvalue weighted by atomic mass is 32.1. The summed E-state index contributed by atoms with van der Waals surface area (Å²) in [4.78, 5) is 21.1. The largest absolute Gasteiger partial charge is 0.469 e. The Hall–Kier alpha value is -0.710. The fourth-order valence-corrected chi connectivity index (χ4v) is 0.778. The summed E-state index contributed by atoms with van der Waals surface area (Å²) < 4.78 is 8.54. The number of hydrogen-bond donors (Lipinski definition) is 1. The van der Waals surface area contributed by atoms with Gasteiger partial charge in [-0.25, -0.2) is 0 Å². The Morgan fingerprint density at radius 2 is 1.67 bits per heavy atom. The number of esters is 1. The van der Waals surface area contributed by atoms with Crippen molar-refractivity contribution < 1.29 is 18.5 Å². The summed E-state index contributed by atoms with van der Waals surface area (Å²) in [5.41, 5.74) is 0. The van der Waals surface area contributed by atoms with Gasteiger partial charge in [0.25, 0.3) is 0 Å². The molecule has 0 atom stereocenters. The van der Waals surface area contributed by atoms with E-state index in [0.29, 0.717) is 25.7 Å². The molecule has 0 aliphatic carbocycles. The lowest BCUT2D eigenvalue weighted by Crippen LogP contribution is -2.01. The monoisotopic (exact) mass is 192 g/mol. The van der Waals surface area contributed by atoms with Gasteiger partial charge in [0.05, 0.1) is 7.11 Å². The summed E-state index contributed by atoms with van der Waals surface area (Å²) in [5.74, 6) is -0.627. The van der Waals surface area contributed by atoms with E-state index in [0.717, 1.165) is 0 Å². The summed E-state index contributed by atoms with van der Waals surface area (Å²) in [6, 6.07) is 0. The second-order valence-corrected chi connectivity index (χ2v) is 2.43. The predicted molar refractivity (Wildman–Crippen MR) is 45.6 cm³/mol. The average Bonchev–Trinajstić information content (AvgIpc) is 2.11. The number of carbonyl (C=O) groups excluding carboxylic acids is 2. The fraction of sp³-hybridized carbons (Fsp3) is 0.714. The van der Waals surface area contributed by atoms with Crippen LogP contribution >= 0.6 is 12.9 Å². The summed E-state index contributed by atoms with van der Waals surface area (Å²) in [5, 5.41) is 0. The van der Waals surface area contributed by atoms with E-state index in [4.69, 9.17) is 0 Å². The van der Waals surface area contributed by atoms with Crippen LogP contribution in [0.1, 0.15) is 25.7 Å². The van der Waals surface area contributed by atoms with Gasteiger partial charge in [-0.1, -0.05) is 0 Å². The lowest BCUT2D eigenvalue weighted by Gasteiger charge is -1.98. The first-order valence-corrected chi connectivity index (χ1v) is 3.98. The van der Waals surface area contributed by atoms with Gasteiger partial charge in [-0.3, -0.25) is 9.59 Å². The third-order valence-electron chi connectivity index (χ3n) is 1.34. The van der Waals surface area contributed by atoms with Crippen molar-refractivity contribution in [3.63, 3.8) is 0 Å². The van der Waals surface area contributed by atoms with E-state index in [1.54, 1.807) is 0 Å². The molecule has 0 N–H and O–H groups in total. The second-order valence-electron chi connectivity index (χ2n) is 2.25. The summed E-state index contributed by atoms with van der Waals surface area (Å²) in [6.45, 7) is 0. The summed E-state index contributed by atoms with van der Waals surface area (Å²) >= 11 is 3.34. The average molecular weight is 192 g/mol. The third-order valence-corrected chi connectivity index (χ3v) is 1.54. The highest BCUT2D eigenvalue weighted by Gasteiger charge is 2.03. The van der Waals surface area contributed by atoms with Crippen LogP contribution < -0.4 is 0 Å². The molecule has 0 aromatic carbocycles. The van der Waals surface area contributed by atoms with Crippen molar-refractivity contribution in [2.45, 2.75) is 25.7 Å². The SMILES string of the molecule is COC(=O)CCCCC(=O)OS. The molecule has 0 saturated carbocycles. The number of rotatable bonds is 5. The molecule has 0 aromatic rings. The molecule has 0 rings (SSSR count). The Morgan fingerprint density at radius 1 is 1.17 bits per heavy atom. The molecule has 4 nitrogen and oxygen atoms in total. The zero-order valence-corrected chi connectivity index (χ0v) is 7.80. The van der Waals surface area contributed by atoms with Gasteiger partial charge in [0.1, 0.15) is 0 Å². The van der Waals surface area contributed by atoms with Gasteiger partial charge in [0.2, 0.25) is 0 Å². The van der Waals surface area contributed by atoms with Gasteiger partial charge < -0.3 is 8.92 Å². The minimum Gasteiger partial charge on any atom is -0.469 e. The van der Waals surface area contributed by atoms with E-state index in [1.807, 2.05) is 0 Å². The van der Waals surface area contributed by atoms with Crippen molar-refractivity contribution in [2.24, 2.45) is 0 Å². The second kappa shape index (κ2) is 6.97. The molecule has 0 radical (unpaired) electrons. The fourth-order valence-electron chi connectivity index (χ4n) is 0.686. The zero-order chi connectivity index (χ0) is 9.40. The van der Waals surface area contributed by atoms with Crippen molar-refractivity contribution in [1.29, 1.82) is 0 Å². The number of carbonyl (C=O) groups is 2. The quantitative estimate of drug-likeness (QED) is 0.307. The molecule has 0 bridgehead atoms. The van der Waals surface area contributed by atoms with Gasteiger partial charge in [-0.2, -0.15) is 0 Å². The maximum Gasteiger partial charge on any atom is 0.317 e. The first kappa shape index (κ1) is 11.3. The Kier molecular flexibility index (Phi) is 6.55. The number of ether oxygens (including phenoxy) is 1. The standard InChI is InChI=1S/C7H12O4S/c1-10-6(8)4-2-3-5-7(9)11-12/h12H,2-5H2,1H3. The normalized spacial score (nSPS) is 9.17. The zero-order valence-electron chi connectivity index (χ0n) is 6.91. The number of unbranched alkanes of at least 4 members (excludes halogenated alkanes) is 1. The molecule has 0 aliphatic heterocycles. The molecule has 0 heterocycles. The smallest absolute Gasteiger partial charge is 0.317 e. The molecule has 0 spiro atoms. The minimum atomic E-state index is -0.372. The molecule has 0 aromatic heterocycles. The van der Waals surface area contributed by atoms with E-state index >= 15 is 0 Å². The maximum atomic E-state index is 10.6. The van der Waals surface area contributed by atoms with Crippen LogP contribution in [0.25, 0.3) is 0 Å². The molecular weight excluding hydrogens is 180 g/mol. The van der Waals surface area contributed by atoms with E-state index in [2.05, 4.69) is 21.8 Å². The molecule has 12 heavy (non-hydrogen) atoms. The predicted octanol–water partition coefficient (Wildman–Crippen LogP) is 1.11. The molecule has 0 unspecified atom stereocenters. The Balaban J connectivity index is 3.21. The van der Waals surface area contributed by atoms with Crippen LogP contribution in [0.2, 0.25) is 0 Å². The number of methoxy groups -OCH3 is 1. The van der Waals surface area contributed by atoms with Crippen molar-refractivity contribution in [1.82, 2.24) is 0 Å². The molecule has 0 saturated heterocycles. The number of hydrogen-bond acceptors (Lipinski definition) is 5. The van der Waals surface area contributed by atoms with Crippen molar-refractivity contribution in [3.8, 4) is 0 Å². The van der Waals surface area contributed by atoms with Crippen LogP contribution in [0.5, 0.6) is 0 Å². The van der Waals surface area contributed by atoms with Crippen LogP contribution in [-0.4, -0.2) is 19.0 Å². The van der Waals surface area contributed by atoms with Gasteiger partial charge >= 0.3 is 11.9 Å². The van der Waals surface area contributed by atoms with Crippen molar-refractivity contribution in [2.75, 3.05) is 7.11 Å². The molecular formula is C7H12O4S. The van der Waals surface area contributed by atoms with E-state index < -0.39 is 0 Å². The highest BCUT2D eigenvalue weighted by molar-refractivity contribution is 7.75. The van der Waals surface area contributed by atoms with Gasteiger partial charge in [0.15, 0.2) is 0 Å². The first-order chi connectivity index (χ1) is 5.70. The topological polar surface area (TPSA) is 52.6 Å². The van der Waals surface area contributed by atoms with Gasteiger partial charge in [0, 0.05) is 25.8 Å². The summed E-state index contributed by atoms with van der Waals surface area (Å²) in [6.07, 6.45) is 1.89. The van der Waals surface area contributed by atoms with Crippen LogP contribution in [0.3, 0.4) is 0 Å². The van der Waals surface area contributed by atoms with Gasteiger partial charge in [-0.05, 0) is 12.8 Å². The third kappa shape index (κ3) is 6.03. The number of thiol groups is 1. The van der Waals surface area contributed by atoms with E-state index in [1.165, 1.54) is 7.11 Å². The van der Waals surface area contributed by atoms with Crippen molar-refractivity contribution >= 4 is 24.8 Å². The van der Waals surface area contributed by atoms with E-state index in [-0.39, 0.29) is 11.9 Å². The van der Waals surface area contributed by atoms with Gasteiger partial charge in [-0.15, -0.1) is 0 Å².